The summed E-state index contributed by atoms with van der Waals surface area (Å²) >= 11 is 7.53. The summed E-state index contributed by atoms with van der Waals surface area (Å²) in [6.07, 6.45) is 0. The van der Waals surface area contributed by atoms with E-state index in [0.717, 1.165) is 11.1 Å². The zero-order chi connectivity index (χ0) is 18.8. The Morgan fingerprint density at radius 1 is 1.11 bits per heavy atom. The Morgan fingerprint density at radius 2 is 1.89 bits per heavy atom. The van der Waals surface area contributed by atoms with Crippen LogP contribution in [0.25, 0.3) is 22.8 Å². The van der Waals surface area contributed by atoms with E-state index in [1.165, 1.54) is 22.0 Å². The van der Waals surface area contributed by atoms with Gasteiger partial charge in [0, 0.05) is 11.1 Å². The van der Waals surface area contributed by atoms with Crippen LogP contribution in [0.4, 0.5) is 0 Å². The summed E-state index contributed by atoms with van der Waals surface area (Å²) in [6, 6.07) is 15.3. The van der Waals surface area contributed by atoms with Gasteiger partial charge in [0.05, 0.1) is 10.8 Å². The molecule has 0 saturated carbocycles. The van der Waals surface area contributed by atoms with Crippen molar-refractivity contribution in [1.82, 2.24) is 25.0 Å². The maximum Gasteiger partial charge on any atom is 0.237 e. The monoisotopic (exact) mass is 398 g/mol. The molecular formula is C18H15ClN6OS. The maximum absolute atomic E-state index is 6.17. The van der Waals surface area contributed by atoms with Crippen molar-refractivity contribution < 1.29 is 4.52 Å². The zero-order valence-electron chi connectivity index (χ0n) is 14.3. The Labute approximate surface area is 164 Å². The number of halogens is 1. The summed E-state index contributed by atoms with van der Waals surface area (Å²) in [5, 5.41) is 13.4. The van der Waals surface area contributed by atoms with E-state index in [9.17, 15) is 0 Å². The molecule has 2 N–H and O–H groups in total. The fraction of sp³-hybridized carbons (Fsp3) is 0.111. The number of aryl methyl sites for hydroxylation is 1. The average molecular weight is 399 g/mol. The molecule has 0 atom stereocenters. The number of nitrogens with two attached hydrogens (primary N) is 1. The van der Waals surface area contributed by atoms with Crippen LogP contribution in [0.1, 0.15) is 11.5 Å². The van der Waals surface area contributed by atoms with Gasteiger partial charge in [-0.2, -0.15) is 4.98 Å². The molecule has 27 heavy (non-hydrogen) atoms. The normalized spacial score (nSPS) is 11.0. The molecule has 0 fully saturated rings. The van der Waals surface area contributed by atoms with Crippen molar-refractivity contribution in [3.63, 3.8) is 0 Å². The standard InChI is InChI=1S/C18H15ClN6OS/c1-11-6-8-12(9-7-11)17-22-23-18(25(17)20)27-10-15-21-16(24-26-15)13-4-2-3-5-14(13)19/h2-9H,10,20H2,1H3. The van der Waals surface area contributed by atoms with Gasteiger partial charge < -0.3 is 10.4 Å². The van der Waals surface area contributed by atoms with Crippen molar-refractivity contribution in [3.05, 3.63) is 65.0 Å². The van der Waals surface area contributed by atoms with Gasteiger partial charge in [0.15, 0.2) is 5.82 Å². The van der Waals surface area contributed by atoms with E-state index in [2.05, 4.69) is 20.3 Å². The number of hydrogen-bond acceptors (Lipinski definition) is 7. The van der Waals surface area contributed by atoms with Crippen molar-refractivity contribution in [2.45, 2.75) is 17.8 Å². The van der Waals surface area contributed by atoms with Gasteiger partial charge >= 0.3 is 0 Å². The van der Waals surface area contributed by atoms with Gasteiger partial charge in [0.2, 0.25) is 16.9 Å². The van der Waals surface area contributed by atoms with Crippen molar-refractivity contribution in [2.24, 2.45) is 0 Å². The van der Waals surface area contributed by atoms with Crippen LogP contribution in [0.5, 0.6) is 0 Å². The third kappa shape index (κ3) is 3.67. The predicted octanol–water partition coefficient (Wildman–Crippen LogP) is 3.96. The second-order valence-corrected chi connectivity index (χ2v) is 7.17. The lowest BCUT2D eigenvalue weighted by molar-refractivity contribution is 0.391. The molecule has 0 amide bonds. The van der Waals surface area contributed by atoms with Gasteiger partial charge in [-0.05, 0) is 19.1 Å². The minimum Gasteiger partial charge on any atom is -0.338 e. The highest BCUT2D eigenvalue weighted by atomic mass is 35.5. The van der Waals surface area contributed by atoms with E-state index < -0.39 is 0 Å². The molecule has 0 radical (unpaired) electrons. The number of rotatable bonds is 5. The Balaban J connectivity index is 1.48. The third-order valence-corrected chi connectivity index (χ3v) is 5.14. The number of nitrogens with zero attached hydrogens (tertiary/aromatic N) is 5. The molecule has 7 nitrogen and oxygen atoms in total. The van der Waals surface area contributed by atoms with Crippen LogP contribution >= 0.6 is 23.4 Å². The lowest BCUT2D eigenvalue weighted by Gasteiger charge is -2.03. The van der Waals surface area contributed by atoms with Gasteiger partial charge in [0.25, 0.3) is 0 Å². The molecule has 0 aliphatic rings. The van der Waals surface area contributed by atoms with Gasteiger partial charge in [-0.25, -0.2) is 4.68 Å². The van der Waals surface area contributed by atoms with Crippen molar-refractivity contribution >= 4 is 23.4 Å². The van der Waals surface area contributed by atoms with Crippen LogP contribution in [0.2, 0.25) is 5.02 Å². The van der Waals surface area contributed by atoms with E-state index in [-0.39, 0.29) is 0 Å². The van der Waals surface area contributed by atoms with E-state index in [1.807, 2.05) is 49.4 Å². The van der Waals surface area contributed by atoms with E-state index in [0.29, 0.717) is 33.5 Å². The number of aromatic nitrogens is 5. The Hall–Kier alpha value is -2.84. The van der Waals surface area contributed by atoms with Gasteiger partial charge in [-0.15, -0.1) is 10.2 Å². The molecule has 2 aromatic heterocycles. The number of thioether (sulfide) groups is 1. The van der Waals surface area contributed by atoms with Gasteiger partial charge in [-0.3, -0.25) is 0 Å². The fourth-order valence-corrected chi connectivity index (χ4v) is 3.38. The van der Waals surface area contributed by atoms with Crippen LogP contribution in [-0.4, -0.2) is 25.0 Å². The molecular weight excluding hydrogens is 384 g/mol. The van der Waals surface area contributed by atoms with E-state index >= 15 is 0 Å². The number of hydrogen-bond donors (Lipinski definition) is 1. The molecule has 0 spiro atoms. The molecule has 0 bridgehead atoms. The van der Waals surface area contributed by atoms with Crippen LogP contribution < -0.4 is 5.84 Å². The number of benzene rings is 2. The van der Waals surface area contributed by atoms with Gasteiger partial charge in [0.1, 0.15) is 0 Å². The second kappa shape index (κ2) is 7.42. The summed E-state index contributed by atoms with van der Waals surface area (Å²) in [6.45, 7) is 2.03. The zero-order valence-corrected chi connectivity index (χ0v) is 15.9. The second-order valence-electron chi connectivity index (χ2n) is 5.82. The van der Waals surface area contributed by atoms with Crippen molar-refractivity contribution in [3.8, 4) is 22.8 Å². The highest BCUT2D eigenvalue weighted by Crippen LogP contribution is 2.27. The summed E-state index contributed by atoms with van der Waals surface area (Å²) in [5.41, 5.74) is 2.80. The molecule has 0 aliphatic heterocycles. The molecule has 136 valence electrons. The van der Waals surface area contributed by atoms with Gasteiger partial charge in [-0.1, -0.05) is 70.5 Å². The largest absolute Gasteiger partial charge is 0.338 e. The first-order valence-corrected chi connectivity index (χ1v) is 9.46. The molecule has 4 rings (SSSR count). The van der Waals surface area contributed by atoms with Crippen molar-refractivity contribution in [2.75, 3.05) is 5.84 Å². The first-order valence-electron chi connectivity index (χ1n) is 8.09. The third-order valence-electron chi connectivity index (χ3n) is 3.88. The lowest BCUT2D eigenvalue weighted by atomic mass is 10.1. The molecule has 0 unspecified atom stereocenters. The molecule has 4 aromatic rings. The minimum atomic E-state index is 0.417. The number of nitrogen functional groups attached to an aromatic ring is 1. The SMILES string of the molecule is Cc1ccc(-c2nnc(SCc3nc(-c4ccccc4Cl)no3)n2N)cc1. The molecule has 2 aromatic carbocycles. The van der Waals surface area contributed by atoms with Crippen molar-refractivity contribution in [1.29, 1.82) is 0 Å². The smallest absolute Gasteiger partial charge is 0.237 e. The van der Waals surface area contributed by atoms with Crippen LogP contribution in [-0.2, 0) is 5.75 Å². The first-order chi connectivity index (χ1) is 13.1. The summed E-state index contributed by atoms with van der Waals surface area (Å²) < 4.78 is 6.76. The topological polar surface area (TPSA) is 95.6 Å². The predicted molar refractivity (Wildman–Crippen MR) is 105 cm³/mol. The Kier molecular flexibility index (Phi) is 4.83. The fourth-order valence-electron chi connectivity index (χ4n) is 2.47. The highest BCUT2D eigenvalue weighted by molar-refractivity contribution is 7.98. The lowest BCUT2D eigenvalue weighted by Crippen LogP contribution is -2.11. The molecule has 0 saturated heterocycles. The summed E-state index contributed by atoms with van der Waals surface area (Å²) in [4.78, 5) is 4.38. The quantitative estimate of drug-likeness (QED) is 0.401. The molecule has 9 heteroatoms. The average Bonchev–Trinajstić information content (AvgIpc) is 3.28. The van der Waals surface area contributed by atoms with E-state index in [4.69, 9.17) is 22.0 Å². The minimum absolute atomic E-state index is 0.417. The van der Waals surface area contributed by atoms with Crippen LogP contribution in [0.3, 0.4) is 0 Å². The van der Waals surface area contributed by atoms with Crippen LogP contribution in [0.15, 0.2) is 58.2 Å². The highest BCUT2D eigenvalue weighted by Gasteiger charge is 2.15. The Bertz CT molecular complexity index is 1080. The Morgan fingerprint density at radius 3 is 2.67 bits per heavy atom. The molecule has 0 aliphatic carbocycles. The summed E-state index contributed by atoms with van der Waals surface area (Å²) in [7, 11) is 0. The van der Waals surface area contributed by atoms with Crippen LogP contribution in [0, 0.1) is 6.92 Å². The van der Waals surface area contributed by atoms with E-state index in [1.54, 1.807) is 6.07 Å². The maximum atomic E-state index is 6.17. The molecule has 2 heterocycles. The first kappa shape index (κ1) is 17.6. The summed E-state index contributed by atoms with van der Waals surface area (Å²) in [5.74, 6) is 8.06.